The van der Waals surface area contributed by atoms with Crippen LogP contribution in [0.1, 0.15) is 47.1 Å². The van der Waals surface area contributed by atoms with Gasteiger partial charge in [-0.15, -0.1) is 0 Å². The number of hydrogen-bond donors (Lipinski definition) is 2. The smallest absolute Gasteiger partial charge is 0.340 e. The van der Waals surface area contributed by atoms with E-state index in [2.05, 4.69) is 5.32 Å². The summed E-state index contributed by atoms with van der Waals surface area (Å²) in [4.78, 5) is 25.5. The van der Waals surface area contributed by atoms with Crippen molar-refractivity contribution in [2.75, 3.05) is 5.32 Å². The van der Waals surface area contributed by atoms with Gasteiger partial charge in [-0.1, -0.05) is 42.5 Å². The lowest BCUT2D eigenvalue weighted by atomic mass is 10.00. The van der Waals surface area contributed by atoms with Gasteiger partial charge in [-0.25, -0.2) is 4.79 Å². The molecular formula is C25H25NO4. The number of nitrogens with one attached hydrogen (secondary N) is 1. The van der Waals surface area contributed by atoms with E-state index in [0.717, 1.165) is 16.7 Å². The molecule has 0 saturated heterocycles. The third kappa shape index (κ3) is 5.33. The third-order valence-electron chi connectivity index (χ3n) is 4.37. The highest BCUT2D eigenvalue weighted by atomic mass is 16.6. The minimum Gasteiger partial charge on any atom is -0.456 e. The predicted molar refractivity (Wildman–Crippen MR) is 117 cm³/mol. The Bertz CT molecular complexity index is 1050. The number of aliphatic hydroxyl groups is 1. The van der Waals surface area contributed by atoms with Crippen molar-refractivity contribution >= 4 is 17.6 Å². The van der Waals surface area contributed by atoms with Gasteiger partial charge in [0.2, 0.25) is 0 Å². The molecular weight excluding hydrogens is 378 g/mol. The summed E-state index contributed by atoms with van der Waals surface area (Å²) in [6.07, 6.45) is 0. The van der Waals surface area contributed by atoms with E-state index in [1.54, 1.807) is 63.2 Å². The van der Waals surface area contributed by atoms with Crippen molar-refractivity contribution in [1.82, 2.24) is 0 Å². The lowest BCUT2D eigenvalue weighted by molar-refractivity contribution is 0.00708. The van der Waals surface area contributed by atoms with Crippen molar-refractivity contribution in [3.05, 3.63) is 89.5 Å². The number of esters is 1. The molecule has 5 heteroatoms. The summed E-state index contributed by atoms with van der Waals surface area (Å²) in [6, 6.07) is 21.4. The van der Waals surface area contributed by atoms with Crippen molar-refractivity contribution in [2.24, 2.45) is 0 Å². The van der Waals surface area contributed by atoms with Crippen molar-refractivity contribution in [1.29, 1.82) is 0 Å². The summed E-state index contributed by atoms with van der Waals surface area (Å²) in [5, 5.41) is 12.3. The first kappa shape index (κ1) is 21.3. The molecule has 0 spiro atoms. The maximum absolute atomic E-state index is 12.7. The van der Waals surface area contributed by atoms with Crippen LogP contribution < -0.4 is 5.32 Å². The quantitative estimate of drug-likeness (QED) is 0.584. The molecule has 3 rings (SSSR count). The summed E-state index contributed by atoms with van der Waals surface area (Å²) in [7, 11) is 0. The normalized spacial score (nSPS) is 11.1. The molecule has 0 atom stereocenters. The zero-order chi connectivity index (χ0) is 21.7. The molecule has 2 N–H and O–H groups in total. The number of amides is 1. The zero-order valence-corrected chi connectivity index (χ0v) is 17.3. The van der Waals surface area contributed by atoms with Crippen LogP contribution in [0, 0.1) is 0 Å². The summed E-state index contributed by atoms with van der Waals surface area (Å²) in [5.74, 6) is -0.830. The van der Waals surface area contributed by atoms with Gasteiger partial charge in [0.05, 0.1) is 17.9 Å². The highest BCUT2D eigenvalue weighted by Gasteiger charge is 2.22. The molecule has 3 aromatic rings. The van der Waals surface area contributed by atoms with E-state index in [9.17, 15) is 14.7 Å². The van der Waals surface area contributed by atoms with Gasteiger partial charge in [0, 0.05) is 5.56 Å². The van der Waals surface area contributed by atoms with Crippen LogP contribution in [0.3, 0.4) is 0 Å². The Hall–Kier alpha value is -3.44. The summed E-state index contributed by atoms with van der Waals surface area (Å²) in [5.41, 5.74) is 2.92. The minimum absolute atomic E-state index is 0.0680. The monoisotopic (exact) mass is 403 g/mol. The van der Waals surface area contributed by atoms with Gasteiger partial charge in [0.1, 0.15) is 5.60 Å². The summed E-state index contributed by atoms with van der Waals surface area (Å²) in [6.45, 7) is 5.31. The second kappa shape index (κ2) is 8.93. The molecule has 154 valence electrons. The second-order valence-electron chi connectivity index (χ2n) is 7.94. The fourth-order valence-electron chi connectivity index (χ4n) is 2.97. The number of carbonyl (C=O) groups is 2. The standard InChI is InChI=1S/C25H25NO4/c1-25(2,3)30-24(29)21-13-12-20(19-11-7-8-17(14-19)16-27)15-22(21)26-23(28)18-9-5-4-6-10-18/h4-15,27H,16H2,1-3H3,(H,26,28). The van der Waals surface area contributed by atoms with Gasteiger partial charge in [-0.3, -0.25) is 4.79 Å². The van der Waals surface area contributed by atoms with E-state index < -0.39 is 11.6 Å². The van der Waals surface area contributed by atoms with Crippen LogP contribution in [-0.4, -0.2) is 22.6 Å². The molecule has 0 aliphatic rings. The molecule has 3 aromatic carbocycles. The van der Waals surface area contributed by atoms with Gasteiger partial charge in [-0.05, 0) is 67.8 Å². The Balaban J connectivity index is 2.01. The van der Waals surface area contributed by atoms with E-state index in [4.69, 9.17) is 4.74 Å². The topological polar surface area (TPSA) is 75.6 Å². The second-order valence-corrected chi connectivity index (χ2v) is 7.94. The Morgan fingerprint density at radius 3 is 2.27 bits per heavy atom. The van der Waals surface area contributed by atoms with Crippen molar-refractivity contribution in [2.45, 2.75) is 33.0 Å². The van der Waals surface area contributed by atoms with Crippen LogP contribution in [0.4, 0.5) is 5.69 Å². The number of ether oxygens (including phenoxy) is 1. The van der Waals surface area contributed by atoms with E-state index in [1.165, 1.54) is 0 Å². The van der Waals surface area contributed by atoms with Crippen LogP contribution in [0.5, 0.6) is 0 Å². The van der Waals surface area contributed by atoms with Crippen molar-refractivity contribution in [3.8, 4) is 11.1 Å². The Kier molecular flexibility index (Phi) is 6.33. The van der Waals surface area contributed by atoms with Crippen molar-refractivity contribution < 1.29 is 19.4 Å². The number of aliphatic hydroxyl groups excluding tert-OH is 1. The van der Waals surface area contributed by atoms with Gasteiger partial charge >= 0.3 is 5.97 Å². The molecule has 30 heavy (non-hydrogen) atoms. The van der Waals surface area contributed by atoms with Gasteiger partial charge in [0.15, 0.2) is 0 Å². The molecule has 0 unspecified atom stereocenters. The number of rotatable bonds is 5. The summed E-state index contributed by atoms with van der Waals surface area (Å²) >= 11 is 0. The highest BCUT2D eigenvalue weighted by Crippen LogP contribution is 2.28. The van der Waals surface area contributed by atoms with Gasteiger partial charge in [0.25, 0.3) is 5.91 Å². The van der Waals surface area contributed by atoms with Gasteiger partial charge in [-0.2, -0.15) is 0 Å². The van der Waals surface area contributed by atoms with E-state index in [-0.39, 0.29) is 18.1 Å². The molecule has 0 aromatic heterocycles. The maximum Gasteiger partial charge on any atom is 0.340 e. The molecule has 0 aliphatic carbocycles. The summed E-state index contributed by atoms with van der Waals surface area (Å²) < 4.78 is 5.51. The average Bonchev–Trinajstić information content (AvgIpc) is 2.73. The zero-order valence-electron chi connectivity index (χ0n) is 17.3. The molecule has 0 fully saturated rings. The SMILES string of the molecule is CC(C)(C)OC(=O)c1ccc(-c2cccc(CO)c2)cc1NC(=O)c1ccccc1. The number of hydrogen-bond acceptors (Lipinski definition) is 4. The van der Waals surface area contributed by atoms with Crippen LogP contribution in [0.25, 0.3) is 11.1 Å². The lowest BCUT2D eigenvalue weighted by Gasteiger charge is -2.21. The first-order valence-electron chi connectivity index (χ1n) is 9.71. The minimum atomic E-state index is -0.661. The maximum atomic E-state index is 12.7. The number of anilines is 1. The molecule has 0 bridgehead atoms. The Labute approximate surface area is 176 Å². The average molecular weight is 403 g/mol. The number of benzene rings is 3. The molecule has 0 heterocycles. The van der Waals surface area contributed by atoms with Crippen molar-refractivity contribution in [3.63, 3.8) is 0 Å². The molecule has 0 radical (unpaired) electrons. The van der Waals surface area contributed by atoms with Gasteiger partial charge < -0.3 is 15.2 Å². The van der Waals surface area contributed by atoms with E-state index in [1.807, 2.05) is 30.3 Å². The lowest BCUT2D eigenvalue weighted by Crippen LogP contribution is -2.25. The van der Waals surface area contributed by atoms with E-state index >= 15 is 0 Å². The van der Waals surface area contributed by atoms with Crippen LogP contribution in [0.2, 0.25) is 0 Å². The predicted octanol–water partition coefficient (Wildman–Crippen LogP) is 5.05. The third-order valence-corrected chi connectivity index (χ3v) is 4.37. The molecule has 1 amide bonds. The Morgan fingerprint density at radius 1 is 0.900 bits per heavy atom. The largest absolute Gasteiger partial charge is 0.456 e. The molecule has 0 saturated carbocycles. The first-order valence-corrected chi connectivity index (χ1v) is 9.71. The van der Waals surface area contributed by atoms with Crippen LogP contribution in [0.15, 0.2) is 72.8 Å². The fourth-order valence-corrected chi connectivity index (χ4v) is 2.97. The highest BCUT2D eigenvalue weighted by molar-refractivity contribution is 6.08. The van der Waals surface area contributed by atoms with Crippen LogP contribution >= 0.6 is 0 Å². The number of carbonyl (C=O) groups excluding carboxylic acids is 2. The first-order chi connectivity index (χ1) is 14.3. The van der Waals surface area contributed by atoms with Crippen LogP contribution in [-0.2, 0) is 11.3 Å². The molecule has 0 aliphatic heterocycles. The van der Waals surface area contributed by atoms with E-state index in [0.29, 0.717) is 11.3 Å². The molecule has 5 nitrogen and oxygen atoms in total. The Morgan fingerprint density at radius 2 is 1.60 bits per heavy atom. The fraction of sp³-hybridized carbons (Fsp3) is 0.200.